The number of hydrogen-bond acceptors (Lipinski definition) is 2. The van der Waals surface area contributed by atoms with Gasteiger partial charge in [-0.3, -0.25) is 0 Å². The molecule has 0 aromatic heterocycles. The topological polar surface area (TPSA) is 60.2 Å². The van der Waals surface area contributed by atoms with Gasteiger partial charge in [-0.05, 0) is 0 Å². The lowest BCUT2D eigenvalue weighted by Gasteiger charge is -2.08. The minimum atomic E-state index is -4.73. The van der Waals surface area contributed by atoms with Gasteiger partial charge in [-0.2, -0.15) is 8.78 Å². The van der Waals surface area contributed by atoms with Crippen molar-refractivity contribution >= 4 is 26.0 Å². The van der Waals surface area contributed by atoms with Crippen molar-refractivity contribution in [3.8, 4) is 0 Å². The molecule has 0 bridgehead atoms. The van der Waals surface area contributed by atoms with Crippen molar-refractivity contribution in [1.82, 2.24) is 0 Å². The summed E-state index contributed by atoms with van der Waals surface area (Å²) >= 11 is 2.30. The van der Waals surface area contributed by atoms with Crippen LogP contribution in [-0.4, -0.2) is 19.0 Å². The second-order valence-corrected chi connectivity index (χ2v) is 3.56. The van der Waals surface area contributed by atoms with E-state index in [9.17, 15) is 17.2 Å². The lowest BCUT2D eigenvalue weighted by Crippen LogP contribution is -2.36. The Kier molecular flexibility index (Phi) is 2.54. The van der Waals surface area contributed by atoms with Crippen LogP contribution in [0.3, 0.4) is 0 Å². The summed E-state index contributed by atoms with van der Waals surface area (Å²) in [5, 5.41) is -0.712. The van der Waals surface area contributed by atoms with E-state index in [-0.39, 0.29) is 0 Å². The lowest BCUT2D eigenvalue weighted by molar-refractivity contribution is 0.121. The SMILES string of the molecule is NS(=O)(=O)C(F)(F)CBr. The molecule has 0 radical (unpaired) electrons. The molecule has 0 saturated heterocycles. The maximum atomic E-state index is 11.9. The first-order chi connectivity index (χ1) is 3.81. The van der Waals surface area contributed by atoms with Crippen LogP contribution in [0.5, 0.6) is 0 Å². The molecule has 0 aliphatic rings. The fraction of sp³-hybridized carbons (Fsp3) is 1.00. The molecule has 0 aliphatic heterocycles. The summed E-state index contributed by atoms with van der Waals surface area (Å²) in [5.74, 6) is 0. The van der Waals surface area contributed by atoms with E-state index in [2.05, 4.69) is 21.1 Å². The Hall–Kier alpha value is 0.250. The van der Waals surface area contributed by atoms with E-state index in [4.69, 9.17) is 0 Å². The fourth-order valence-electron chi connectivity index (χ4n) is 0.0760. The largest absolute Gasteiger partial charge is 0.368 e. The molecule has 0 amide bonds. The van der Waals surface area contributed by atoms with Gasteiger partial charge in [0.2, 0.25) is 0 Å². The van der Waals surface area contributed by atoms with E-state index in [1.54, 1.807) is 0 Å². The zero-order valence-corrected chi connectivity index (χ0v) is 6.55. The average molecular weight is 224 g/mol. The first-order valence-corrected chi connectivity index (χ1v) is 4.44. The molecule has 0 aromatic rings. The molecular formula is C2H4BrF2NO2S. The first-order valence-electron chi connectivity index (χ1n) is 1.77. The third-order valence-corrected chi connectivity index (χ3v) is 2.62. The highest BCUT2D eigenvalue weighted by Gasteiger charge is 2.40. The molecule has 3 nitrogen and oxygen atoms in total. The van der Waals surface area contributed by atoms with Crippen LogP contribution in [0.1, 0.15) is 0 Å². The minimum Gasteiger partial charge on any atom is -0.223 e. The number of rotatable bonds is 2. The van der Waals surface area contributed by atoms with Gasteiger partial charge in [-0.15, -0.1) is 0 Å². The molecule has 0 saturated carbocycles. The maximum absolute atomic E-state index is 11.9. The van der Waals surface area contributed by atoms with E-state index in [0.717, 1.165) is 0 Å². The highest BCUT2D eigenvalue weighted by molar-refractivity contribution is 9.09. The third-order valence-electron chi connectivity index (χ3n) is 0.572. The molecule has 7 heteroatoms. The quantitative estimate of drug-likeness (QED) is 0.684. The summed E-state index contributed by atoms with van der Waals surface area (Å²) in [6, 6.07) is 0. The van der Waals surface area contributed by atoms with E-state index in [1.165, 1.54) is 0 Å². The maximum Gasteiger partial charge on any atom is 0.368 e. The Morgan fingerprint density at radius 3 is 1.89 bits per heavy atom. The standard InChI is InChI=1S/C2H4BrF2NO2S/c3-1-2(4,5)9(6,7)8/h1H2,(H2,6,7,8). The molecule has 0 atom stereocenters. The van der Waals surface area contributed by atoms with E-state index >= 15 is 0 Å². The van der Waals surface area contributed by atoms with Crippen LogP contribution in [-0.2, 0) is 10.0 Å². The Labute approximate surface area is 59.4 Å². The molecule has 56 valence electrons. The van der Waals surface area contributed by atoms with Gasteiger partial charge >= 0.3 is 5.25 Å². The summed E-state index contributed by atoms with van der Waals surface area (Å²) in [5.41, 5.74) is 0. The summed E-state index contributed by atoms with van der Waals surface area (Å²) in [7, 11) is -4.73. The predicted octanol–water partition coefficient (Wildman–Crippen LogP) is 0.263. The van der Waals surface area contributed by atoms with Crippen LogP contribution in [0, 0.1) is 0 Å². The van der Waals surface area contributed by atoms with Crippen molar-refractivity contribution in [2.24, 2.45) is 5.14 Å². The smallest absolute Gasteiger partial charge is 0.223 e. The molecule has 0 unspecified atom stereocenters. The molecule has 9 heavy (non-hydrogen) atoms. The molecule has 0 rings (SSSR count). The van der Waals surface area contributed by atoms with Crippen molar-refractivity contribution in [1.29, 1.82) is 0 Å². The van der Waals surface area contributed by atoms with Gasteiger partial charge in [0.15, 0.2) is 0 Å². The van der Waals surface area contributed by atoms with Gasteiger partial charge in [0.1, 0.15) is 0 Å². The fourth-order valence-corrected chi connectivity index (χ4v) is 1.19. The van der Waals surface area contributed by atoms with Crippen molar-refractivity contribution in [2.75, 3.05) is 5.33 Å². The number of primary sulfonamides is 1. The zero-order valence-electron chi connectivity index (χ0n) is 4.14. The van der Waals surface area contributed by atoms with Crippen LogP contribution < -0.4 is 5.14 Å². The summed E-state index contributed by atoms with van der Waals surface area (Å²) in [6.07, 6.45) is 0. The molecule has 0 spiro atoms. The van der Waals surface area contributed by atoms with Gasteiger partial charge in [0, 0.05) is 0 Å². The van der Waals surface area contributed by atoms with Gasteiger partial charge in [-0.1, -0.05) is 15.9 Å². The Morgan fingerprint density at radius 1 is 1.56 bits per heavy atom. The zero-order chi connectivity index (χ0) is 7.71. The molecular weight excluding hydrogens is 220 g/mol. The van der Waals surface area contributed by atoms with Crippen molar-refractivity contribution < 1.29 is 17.2 Å². The van der Waals surface area contributed by atoms with Crippen LogP contribution >= 0.6 is 15.9 Å². The third kappa shape index (κ3) is 2.15. The molecule has 0 aromatic carbocycles. The Bertz CT molecular complexity index is 189. The molecule has 2 N–H and O–H groups in total. The summed E-state index contributed by atoms with van der Waals surface area (Å²) in [4.78, 5) is 0. The van der Waals surface area contributed by atoms with Crippen molar-refractivity contribution in [2.45, 2.75) is 5.25 Å². The summed E-state index contributed by atoms with van der Waals surface area (Å²) < 4.78 is 43.6. The van der Waals surface area contributed by atoms with E-state index in [1.807, 2.05) is 0 Å². The number of hydrogen-bond donors (Lipinski definition) is 1. The molecule has 0 aliphatic carbocycles. The monoisotopic (exact) mass is 223 g/mol. The van der Waals surface area contributed by atoms with Crippen LogP contribution in [0.2, 0.25) is 0 Å². The Balaban J connectivity index is 4.56. The number of alkyl halides is 3. The number of nitrogens with two attached hydrogens (primary N) is 1. The lowest BCUT2D eigenvalue weighted by atomic mass is 10.8. The highest BCUT2D eigenvalue weighted by Crippen LogP contribution is 2.20. The van der Waals surface area contributed by atoms with Gasteiger partial charge < -0.3 is 0 Å². The predicted molar refractivity (Wildman–Crippen MR) is 31.8 cm³/mol. The molecule has 0 fully saturated rings. The van der Waals surface area contributed by atoms with Crippen LogP contribution in [0.4, 0.5) is 8.78 Å². The second-order valence-electron chi connectivity index (χ2n) is 1.32. The summed E-state index contributed by atoms with van der Waals surface area (Å²) in [6.45, 7) is 0. The minimum absolute atomic E-state index is 0.973. The van der Waals surface area contributed by atoms with Crippen molar-refractivity contribution in [3.05, 3.63) is 0 Å². The van der Waals surface area contributed by atoms with Crippen LogP contribution in [0.25, 0.3) is 0 Å². The second kappa shape index (κ2) is 2.47. The Morgan fingerprint density at radius 2 is 1.89 bits per heavy atom. The van der Waals surface area contributed by atoms with Gasteiger partial charge in [0.05, 0.1) is 5.33 Å². The number of sulfonamides is 1. The normalized spacial score (nSPS) is 13.8. The number of halogens is 3. The van der Waals surface area contributed by atoms with Gasteiger partial charge in [-0.25, -0.2) is 13.6 Å². The average Bonchev–Trinajstić information content (AvgIpc) is 1.64. The van der Waals surface area contributed by atoms with E-state index < -0.39 is 20.6 Å². The van der Waals surface area contributed by atoms with Crippen molar-refractivity contribution in [3.63, 3.8) is 0 Å². The first kappa shape index (κ1) is 9.25. The van der Waals surface area contributed by atoms with E-state index in [0.29, 0.717) is 0 Å². The van der Waals surface area contributed by atoms with Crippen LogP contribution in [0.15, 0.2) is 0 Å². The highest BCUT2D eigenvalue weighted by atomic mass is 79.9. The van der Waals surface area contributed by atoms with Gasteiger partial charge in [0.25, 0.3) is 10.0 Å². The molecule has 0 heterocycles.